The van der Waals surface area contributed by atoms with Crippen LogP contribution in [0.2, 0.25) is 0 Å². The lowest BCUT2D eigenvalue weighted by molar-refractivity contribution is 0.00578. The van der Waals surface area contributed by atoms with Crippen molar-refractivity contribution in [3.63, 3.8) is 0 Å². The highest BCUT2D eigenvalue weighted by Gasteiger charge is 2.52. The summed E-state index contributed by atoms with van der Waals surface area (Å²) in [5.41, 5.74) is 0.0940. The minimum atomic E-state index is -0.690. The topological polar surface area (TPSA) is 36.3 Å². The molecule has 2 heterocycles. The molecule has 0 amide bonds. The Balaban J connectivity index is 2.06. The van der Waals surface area contributed by atoms with Crippen LogP contribution in [0.15, 0.2) is 18.3 Å². The molecule has 1 aliphatic rings. The highest BCUT2D eigenvalue weighted by atomic mass is 19.1. The van der Waals surface area contributed by atoms with Gasteiger partial charge in [-0.05, 0) is 33.8 Å². The summed E-state index contributed by atoms with van der Waals surface area (Å²) in [7, 11) is 1.08. The Morgan fingerprint density at radius 1 is 1.15 bits per heavy atom. The van der Waals surface area contributed by atoms with E-state index in [9.17, 15) is 4.39 Å². The lowest BCUT2D eigenvalue weighted by Crippen LogP contribution is -2.41. The Kier molecular flexibility index (Phi) is 2.75. The number of benzene rings is 1. The molecule has 2 aromatic rings. The summed E-state index contributed by atoms with van der Waals surface area (Å²) < 4.78 is 28.0. The minimum Gasteiger partial charge on any atom is -0.399 e. The second-order valence-corrected chi connectivity index (χ2v) is 6.29. The van der Waals surface area contributed by atoms with Crippen LogP contribution in [-0.4, -0.2) is 28.1 Å². The third-order valence-corrected chi connectivity index (χ3v) is 4.28. The minimum absolute atomic E-state index is 0.325. The van der Waals surface area contributed by atoms with Crippen molar-refractivity contribution in [2.24, 2.45) is 7.05 Å². The second-order valence-electron chi connectivity index (χ2n) is 6.29. The first kappa shape index (κ1) is 13.6. The highest BCUT2D eigenvalue weighted by Crippen LogP contribution is 2.36. The third kappa shape index (κ3) is 1.86. The second kappa shape index (κ2) is 4.05. The Labute approximate surface area is 118 Å². The van der Waals surface area contributed by atoms with Crippen molar-refractivity contribution in [1.82, 2.24) is 9.78 Å². The van der Waals surface area contributed by atoms with E-state index in [4.69, 9.17) is 9.31 Å². The molecule has 0 saturated carbocycles. The number of aromatic nitrogens is 2. The van der Waals surface area contributed by atoms with E-state index in [-0.39, 0.29) is 5.82 Å². The van der Waals surface area contributed by atoms with Gasteiger partial charge in [-0.2, -0.15) is 5.10 Å². The molecule has 3 rings (SSSR count). The van der Waals surface area contributed by atoms with Crippen molar-refractivity contribution < 1.29 is 13.7 Å². The molecule has 1 aliphatic heterocycles. The number of hydrogen-bond acceptors (Lipinski definition) is 3. The van der Waals surface area contributed by atoms with Crippen LogP contribution < -0.4 is 5.46 Å². The fourth-order valence-electron chi connectivity index (χ4n) is 2.35. The predicted molar refractivity (Wildman–Crippen MR) is 76.4 cm³/mol. The molecule has 4 nitrogen and oxygen atoms in total. The van der Waals surface area contributed by atoms with Gasteiger partial charge in [0.05, 0.1) is 22.1 Å². The van der Waals surface area contributed by atoms with Gasteiger partial charge in [0, 0.05) is 18.7 Å². The van der Waals surface area contributed by atoms with Crippen LogP contribution in [-0.2, 0) is 16.4 Å². The molecule has 1 aromatic heterocycles. The van der Waals surface area contributed by atoms with E-state index in [1.165, 1.54) is 0 Å². The van der Waals surface area contributed by atoms with Gasteiger partial charge in [0.25, 0.3) is 0 Å². The van der Waals surface area contributed by atoms with Crippen LogP contribution in [0.5, 0.6) is 0 Å². The fraction of sp³-hybridized carbons (Fsp3) is 0.500. The molecule has 0 bridgehead atoms. The molecule has 1 aromatic carbocycles. The van der Waals surface area contributed by atoms with Gasteiger partial charge in [-0.1, -0.05) is 6.07 Å². The molecule has 0 aliphatic carbocycles. The summed E-state index contributed by atoms with van der Waals surface area (Å²) in [6, 6.07) is 3.48. The number of rotatable bonds is 1. The molecule has 1 saturated heterocycles. The van der Waals surface area contributed by atoms with Crippen LogP contribution in [0, 0.1) is 5.82 Å². The summed E-state index contributed by atoms with van der Waals surface area (Å²) in [4.78, 5) is 0. The number of aryl methyl sites for hydroxylation is 1. The Hall–Kier alpha value is -1.40. The van der Waals surface area contributed by atoms with Crippen molar-refractivity contribution >= 4 is 23.5 Å². The van der Waals surface area contributed by atoms with Crippen molar-refractivity contribution in [3.05, 3.63) is 24.1 Å². The van der Waals surface area contributed by atoms with E-state index >= 15 is 0 Å². The first-order valence-electron chi connectivity index (χ1n) is 6.69. The van der Waals surface area contributed by atoms with E-state index in [0.29, 0.717) is 16.4 Å². The standard InChI is InChI=1S/C14H18BFN2O2/c1-13(2)14(3,4)20-15(19-13)10-6-7-11-9(12(10)16)8-18(5)17-11/h6-8H,1-5H3. The van der Waals surface area contributed by atoms with E-state index in [0.717, 1.165) is 0 Å². The number of nitrogens with zero attached hydrogens (tertiary/aromatic N) is 2. The van der Waals surface area contributed by atoms with E-state index in [1.807, 2.05) is 27.7 Å². The molecule has 0 spiro atoms. The van der Waals surface area contributed by atoms with Crippen molar-refractivity contribution in [2.75, 3.05) is 0 Å². The number of fused-ring (bicyclic) bond motifs is 1. The normalized spacial score (nSPS) is 20.8. The van der Waals surface area contributed by atoms with Gasteiger partial charge >= 0.3 is 7.12 Å². The monoisotopic (exact) mass is 276 g/mol. The molecule has 0 unspecified atom stereocenters. The fourth-order valence-corrected chi connectivity index (χ4v) is 2.35. The van der Waals surface area contributed by atoms with Crippen LogP contribution in [0.25, 0.3) is 10.9 Å². The Bertz CT molecular complexity index is 665. The van der Waals surface area contributed by atoms with Gasteiger partial charge in [-0.15, -0.1) is 0 Å². The third-order valence-electron chi connectivity index (χ3n) is 4.28. The first-order valence-corrected chi connectivity index (χ1v) is 6.69. The number of halogens is 1. The Morgan fingerprint density at radius 3 is 2.35 bits per heavy atom. The largest absolute Gasteiger partial charge is 0.497 e. The number of hydrogen-bond donors (Lipinski definition) is 0. The van der Waals surface area contributed by atoms with Gasteiger partial charge in [-0.3, -0.25) is 4.68 Å². The molecular formula is C14H18BFN2O2. The summed E-state index contributed by atoms with van der Waals surface area (Å²) in [6.07, 6.45) is 1.67. The smallest absolute Gasteiger partial charge is 0.399 e. The molecule has 6 heteroatoms. The zero-order chi connectivity index (χ0) is 14.7. The first-order chi connectivity index (χ1) is 9.21. The van der Waals surface area contributed by atoms with Crippen LogP contribution in [0.3, 0.4) is 0 Å². The van der Waals surface area contributed by atoms with Gasteiger partial charge < -0.3 is 9.31 Å². The predicted octanol–water partition coefficient (Wildman–Crippen LogP) is 2.01. The van der Waals surface area contributed by atoms with E-state index in [1.54, 1.807) is 30.1 Å². The molecule has 106 valence electrons. The molecule has 20 heavy (non-hydrogen) atoms. The Morgan fingerprint density at radius 2 is 1.75 bits per heavy atom. The molecule has 1 fully saturated rings. The van der Waals surface area contributed by atoms with Gasteiger partial charge in [-0.25, -0.2) is 4.39 Å². The van der Waals surface area contributed by atoms with E-state index < -0.39 is 18.3 Å². The van der Waals surface area contributed by atoms with Crippen LogP contribution in [0.1, 0.15) is 27.7 Å². The lowest BCUT2D eigenvalue weighted by atomic mass is 9.78. The van der Waals surface area contributed by atoms with Gasteiger partial charge in [0.15, 0.2) is 0 Å². The summed E-state index contributed by atoms with van der Waals surface area (Å²) in [5, 5.41) is 4.68. The molecular weight excluding hydrogens is 258 g/mol. The zero-order valence-electron chi connectivity index (χ0n) is 12.4. The van der Waals surface area contributed by atoms with Crippen molar-refractivity contribution in [3.8, 4) is 0 Å². The van der Waals surface area contributed by atoms with Crippen LogP contribution >= 0.6 is 0 Å². The maximum absolute atomic E-state index is 14.6. The average Bonchev–Trinajstić information content (AvgIpc) is 2.78. The summed E-state index contributed by atoms with van der Waals surface area (Å²) in [6.45, 7) is 7.81. The maximum atomic E-state index is 14.6. The SMILES string of the molecule is Cn1cc2c(F)c(B3OC(C)(C)C(C)(C)O3)ccc2n1. The van der Waals surface area contributed by atoms with Crippen molar-refractivity contribution in [2.45, 2.75) is 38.9 Å². The quantitative estimate of drug-likeness (QED) is 0.747. The lowest BCUT2D eigenvalue weighted by Gasteiger charge is -2.32. The maximum Gasteiger partial charge on any atom is 0.497 e. The molecule has 0 radical (unpaired) electrons. The van der Waals surface area contributed by atoms with E-state index in [2.05, 4.69) is 5.10 Å². The highest BCUT2D eigenvalue weighted by molar-refractivity contribution is 6.62. The molecule has 0 atom stereocenters. The van der Waals surface area contributed by atoms with Gasteiger partial charge in [0.1, 0.15) is 5.82 Å². The van der Waals surface area contributed by atoms with Crippen LogP contribution in [0.4, 0.5) is 4.39 Å². The van der Waals surface area contributed by atoms with Crippen molar-refractivity contribution in [1.29, 1.82) is 0 Å². The van der Waals surface area contributed by atoms with Gasteiger partial charge in [0.2, 0.25) is 0 Å². The summed E-state index contributed by atoms with van der Waals surface area (Å²) in [5.74, 6) is -0.325. The zero-order valence-corrected chi connectivity index (χ0v) is 12.4. The molecule has 0 N–H and O–H groups in total. The average molecular weight is 276 g/mol. The summed E-state index contributed by atoms with van der Waals surface area (Å²) >= 11 is 0.